The van der Waals surface area contributed by atoms with Gasteiger partial charge in [0, 0.05) is 25.4 Å². The SMILES string of the molecule is COc1cc(CCC2CCN(C(=O)c3sc(-c4ccccn4)nc3C)CC2)cc(OC)c1. The quantitative estimate of drug-likeness (QED) is 0.505. The third kappa shape index (κ3) is 5.10. The van der Waals surface area contributed by atoms with Crippen molar-refractivity contribution in [2.75, 3.05) is 27.3 Å². The number of methoxy groups -OCH3 is 2. The van der Waals surface area contributed by atoms with Crippen LogP contribution in [0, 0.1) is 12.8 Å². The summed E-state index contributed by atoms with van der Waals surface area (Å²) in [6.45, 7) is 3.49. The second kappa shape index (κ2) is 10.1. The molecule has 1 aliphatic rings. The summed E-state index contributed by atoms with van der Waals surface area (Å²) in [7, 11) is 3.35. The van der Waals surface area contributed by atoms with Crippen LogP contribution >= 0.6 is 11.3 Å². The summed E-state index contributed by atoms with van der Waals surface area (Å²) >= 11 is 1.44. The van der Waals surface area contributed by atoms with E-state index in [4.69, 9.17) is 9.47 Å². The van der Waals surface area contributed by atoms with Crippen molar-refractivity contribution in [3.8, 4) is 22.2 Å². The second-order valence-electron chi connectivity index (χ2n) is 8.14. The molecule has 0 bridgehead atoms. The molecule has 0 atom stereocenters. The van der Waals surface area contributed by atoms with Crippen molar-refractivity contribution in [2.24, 2.45) is 5.92 Å². The van der Waals surface area contributed by atoms with E-state index >= 15 is 0 Å². The lowest BCUT2D eigenvalue weighted by Gasteiger charge is -2.32. The normalized spacial score (nSPS) is 14.4. The maximum absolute atomic E-state index is 13.1. The highest BCUT2D eigenvalue weighted by atomic mass is 32.1. The van der Waals surface area contributed by atoms with Crippen molar-refractivity contribution in [3.05, 3.63) is 58.7 Å². The summed E-state index contributed by atoms with van der Waals surface area (Å²) < 4.78 is 10.8. The van der Waals surface area contributed by atoms with Crippen molar-refractivity contribution in [1.82, 2.24) is 14.9 Å². The van der Waals surface area contributed by atoms with Crippen LogP contribution in [0.15, 0.2) is 42.6 Å². The Morgan fingerprint density at radius 1 is 1.12 bits per heavy atom. The number of carbonyl (C=O) groups excluding carboxylic acids is 1. The number of benzene rings is 1. The van der Waals surface area contributed by atoms with Gasteiger partial charge in [0.15, 0.2) is 0 Å². The highest BCUT2D eigenvalue weighted by Gasteiger charge is 2.26. The lowest BCUT2D eigenvalue weighted by atomic mass is 9.90. The molecule has 168 valence electrons. The van der Waals surface area contributed by atoms with E-state index in [-0.39, 0.29) is 5.91 Å². The van der Waals surface area contributed by atoms with E-state index in [1.165, 1.54) is 16.9 Å². The summed E-state index contributed by atoms with van der Waals surface area (Å²) in [6, 6.07) is 11.8. The number of likely N-dealkylation sites (tertiary alicyclic amines) is 1. The average Bonchev–Trinajstić information content (AvgIpc) is 3.24. The Morgan fingerprint density at radius 2 is 1.84 bits per heavy atom. The molecule has 0 saturated carbocycles. The number of amides is 1. The summed E-state index contributed by atoms with van der Waals surface area (Å²) in [5.41, 5.74) is 2.82. The largest absolute Gasteiger partial charge is 0.497 e. The fourth-order valence-corrected chi connectivity index (χ4v) is 5.15. The minimum atomic E-state index is 0.0955. The molecule has 1 aromatic carbocycles. The van der Waals surface area contributed by atoms with E-state index in [0.717, 1.165) is 71.5 Å². The predicted octanol–water partition coefficient (Wildman–Crippen LogP) is 5.02. The van der Waals surface area contributed by atoms with Crippen molar-refractivity contribution in [2.45, 2.75) is 32.6 Å². The molecular formula is C25H29N3O3S. The van der Waals surface area contributed by atoms with Crippen molar-refractivity contribution < 1.29 is 14.3 Å². The number of carbonyl (C=O) groups is 1. The molecule has 1 amide bonds. The monoisotopic (exact) mass is 451 g/mol. The van der Waals surface area contributed by atoms with Crippen LogP contribution in [0.4, 0.5) is 0 Å². The van der Waals surface area contributed by atoms with Gasteiger partial charge in [-0.2, -0.15) is 0 Å². The predicted molar refractivity (Wildman–Crippen MR) is 127 cm³/mol. The number of hydrogen-bond acceptors (Lipinski definition) is 6. The van der Waals surface area contributed by atoms with Gasteiger partial charge in [-0.1, -0.05) is 6.07 Å². The molecule has 0 unspecified atom stereocenters. The first-order valence-electron chi connectivity index (χ1n) is 11.0. The number of aromatic nitrogens is 2. The first-order chi connectivity index (χ1) is 15.6. The van der Waals surface area contributed by atoms with Crippen molar-refractivity contribution in [1.29, 1.82) is 0 Å². The van der Waals surface area contributed by atoms with Gasteiger partial charge in [0.05, 0.1) is 25.6 Å². The van der Waals surface area contributed by atoms with Gasteiger partial charge < -0.3 is 14.4 Å². The molecule has 7 heteroatoms. The standard InChI is InChI=1S/C25H29N3O3S/c1-17-23(32-24(27-17)22-6-4-5-11-26-22)25(29)28-12-9-18(10-13-28)7-8-19-14-20(30-2)16-21(15-19)31-3/h4-6,11,14-16,18H,7-10,12-13H2,1-3H3. The lowest BCUT2D eigenvalue weighted by Crippen LogP contribution is -2.38. The van der Waals surface area contributed by atoms with Gasteiger partial charge in [-0.05, 0) is 68.4 Å². The van der Waals surface area contributed by atoms with E-state index in [0.29, 0.717) is 5.92 Å². The van der Waals surface area contributed by atoms with Crippen LogP contribution in [0.3, 0.4) is 0 Å². The zero-order valence-electron chi connectivity index (χ0n) is 18.8. The fourth-order valence-electron chi connectivity index (χ4n) is 4.14. The van der Waals surface area contributed by atoms with Gasteiger partial charge in [-0.3, -0.25) is 9.78 Å². The molecule has 2 aromatic heterocycles. The first-order valence-corrected chi connectivity index (χ1v) is 11.8. The number of hydrogen-bond donors (Lipinski definition) is 0. The number of nitrogens with zero attached hydrogens (tertiary/aromatic N) is 3. The first kappa shape index (κ1) is 22.3. The molecule has 6 nitrogen and oxygen atoms in total. The minimum Gasteiger partial charge on any atom is -0.497 e. The van der Waals surface area contributed by atoms with Crippen LogP contribution in [0.25, 0.3) is 10.7 Å². The summed E-state index contributed by atoms with van der Waals surface area (Å²) in [6.07, 6.45) is 5.88. The topological polar surface area (TPSA) is 64.5 Å². The maximum Gasteiger partial charge on any atom is 0.265 e. The summed E-state index contributed by atoms with van der Waals surface area (Å²) in [5, 5.41) is 0.801. The Morgan fingerprint density at radius 3 is 2.47 bits per heavy atom. The van der Waals surface area contributed by atoms with Crippen LogP contribution in [0.5, 0.6) is 11.5 Å². The van der Waals surface area contributed by atoms with E-state index in [2.05, 4.69) is 22.1 Å². The molecule has 3 heterocycles. The summed E-state index contributed by atoms with van der Waals surface area (Å²) in [4.78, 5) is 24.8. The Labute approximate surface area is 193 Å². The van der Waals surface area contributed by atoms with E-state index < -0.39 is 0 Å². The molecule has 1 fully saturated rings. The smallest absolute Gasteiger partial charge is 0.265 e. The average molecular weight is 452 g/mol. The zero-order valence-corrected chi connectivity index (χ0v) is 19.7. The van der Waals surface area contributed by atoms with Gasteiger partial charge in [0.25, 0.3) is 5.91 Å². The molecule has 4 rings (SSSR count). The Balaban J connectivity index is 1.33. The van der Waals surface area contributed by atoms with Crippen LogP contribution in [0.1, 0.15) is 40.2 Å². The third-order valence-corrected chi connectivity index (χ3v) is 7.20. The van der Waals surface area contributed by atoms with E-state index in [1.807, 2.05) is 36.1 Å². The molecule has 1 saturated heterocycles. The Kier molecular flexibility index (Phi) is 7.05. The molecule has 0 aliphatic carbocycles. The highest BCUT2D eigenvalue weighted by Crippen LogP contribution is 2.30. The van der Waals surface area contributed by atoms with E-state index in [1.54, 1.807) is 20.4 Å². The molecular weight excluding hydrogens is 422 g/mol. The Hall–Kier alpha value is -2.93. The van der Waals surface area contributed by atoms with Gasteiger partial charge in [-0.15, -0.1) is 11.3 Å². The number of ether oxygens (including phenoxy) is 2. The molecule has 1 aliphatic heterocycles. The Bertz CT molecular complexity index is 1040. The third-order valence-electron chi connectivity index (χ3n) is 6.03. The number of aryl methyl sites for hydroxylation is 2. The molecule has 32 heavy (non-hydrogen) atoms. The number of piperidine rings is 1. The van der Waals surface area contributed by atoms with Gasteiger partial charge in [0.1, 0.15) is 21.4 Å². The van der Waals surface area contributed by atoms with Crippen LogP contribution < -0.4 is 9.47 Å². The van der Waals surface area contributed by atoms with Crippen molar-refractivity contribution >= 4 is 17.2 Å². The second-order valence-corrected chi connectivity index (χ2v) is 9.14. The van der Waals surface area contributed by atoms with Crippen LogP contribution in [-0.4, -0.2) is 48.1 Å². The maximum atomic E-state index is 13.1. The van der Waals surface area contributed by atoms with Gasteiger partial charge in [-0.25, -0.2) is 4.98 Å². The highest BCUT2D eigenvalue weighted by molar-refractivity contribution is 7.17. The molecule has 0 N–H and O–H groups in total. The van der Waals surface area contributed by atoms with Crippen molar-refractivity contribution in [3.63, 3.8) is 0 Å². The number of rotatable bonds is 7. The number of pyridine rings is 1. The molecule has 0 spiro atoms. The molecule has 3 aromatic rings. The molecule has 0 radical (unpaired) electrons. The number of thiazole rings is 1. The zero-order chi connectivity index (χ0) is 22.5. The van der Waals surface area contributed by atoms with Crippen LogP contribution in [0.2, 0.25) is 0 Å². The van der Waals surface area contributed by atoms with Gasteiger partial charge >= 0.3 is 0 Å². The summed E-state index contributed by atoms with van der Waals surface area (Å²) in [5.74, 6) is 2.36. The van der Waals surface area contributed by atoms with Gasteiger partial charge in [0.2, 0.25) is 0 Å². The van der Waals surface area contributed by atoms with Crippen LogP contribution in [-0.2, 0) is 6.42 Å². The van der Waals surface area contributed by atoms with E-state index in [9.17, 15) is 4.79 Å². The fraction of sp³-hybridized carbons (Fsp3) is 0.400. The lowest BCUT2D eigenvalue weighted by molar-refractivity contribution is 0.0691. The minimum absolute atomic E-state index is 0.0955.